The van der Waals surface area contributed by atoms with E-state index in [4.69, 9.17) is 5.84 Å². The fraction of sp³-hybridized carbons (Fsp3) is 0.588. The van der Waals surface area contributed by atoms with E-state index in [0.29, 0.717) is 12.0 Å². The van der Waals surface area contributed by atoms with Crippen molar-refractivity contribution in [3.8, 4) is 0 Å². The largest absolute Gasteiger partial charge is 0.353 e. The van der Waals surface area contributed by atoms with Crippen LogP contribution in [0.5, 0.6) is 0 Å². The van der Waals surface area contributed by atoms with Crippen LogP contribution in [0.15, 0.2) is 35.3 Å². The van der Waals surface area contributed by atoms with Gasteiger partial charge in [-0.15, -0.1) is 0 Å². The number of benzene rings is 1. The maximum absolute atomic E-state index is 5.57. The average Bonchev–Trinajstić information content (AvgIpc) is 2.55. The summed E-state index contributed by atoms with van der Waals surface area (Å²) in [6.07, 6.45) is 7.44. The van der Waals surface area contributed by atoms with Gasteiger partial charge in [-0.25, -0.2) is 5.84 Å². The molecule has 1 fully saturated rings. The van der Waals surface area contributed by atoms with E-state index in [1.54, 1.807) is 0 Å². The maximum Gasteiger partial charge on any atom is 0.205 e. The third-order valence-electron chi connectivity index (χ3n) is 4.28. The summed E-state index contributed by atoms with van der Waals surface area (Å²) in [4.78, 5) is 4.57. The van der Waals surface area contributed by atoms with Crippen LogP contribution in [0.4, 0.5) is 0 Å². The first-order chi connectivity index (χ1) is 10.3. The summed E-state index contributed by atoms with van der Waals surface area (Å²) < 4.78 is 0. The van der Waals surface area contributed by atoms with Crippen molar-refractivity contribution in [2.24, 2.45) is 10.8 Å². The number of nitrogens with two attached hydrogens (primary N) is 1. The summed E-state index contributed by atoms with van der Waals surface area (Å²) in [6.45, 7) is 3.03. The van der Waals surface area contributed by atoms with Crippen molar-refractivity contribution in [3.63, 3.8) is 0 Å². The third kappa shape index (κ3) is 5.38. The fourth-order valence-corrected chi connectivity index (χ4v) is 2.89. The summed E-state index contributed by atoms with van der Waals surface area (Å²) in [6, 6.07) is 11.1. The van der Waals surface area contributed by atoms with Crippen LogP contribution in [0.25, 0.3) is 0 Å². The quantitative estimate of drug-likeness (QED) is 0.338. The first-order valence-corrected chi connectivity index (χ1v) is 8.12. The van der Waals surface area contributed by atoms with Crippen molar-refractivity contribution in [2.45, 2.75) is 57.4 Å². The van der Waals surface area contributed by atoms with Crippen molar-refractivity contribution >= 4 is 5.96 Å². The van der Waals surface area contributed by atoms with Crippen molar-refractivity contribution < 1.29 is 0 Å². The smallest absolute Gasteiger partial charge is 0.205 e. The van der Waals surface area contributed by atoms with E-state index in [9.17, 15) is 0 Å². The number of hydrogen-bond acceptors (Lipinski definition) is 2. The van der Waals surface area contributed by atoms with E-state index in [0.717, 1.165) is 18.9 Å². The summed E-state index contributed by atoms with van der Waals surface area (Å²) >= 11 is 0. The second-order valence-electron chi connectivity index (χ2n) is 5.95. The molecule has 1 unspecified atom stereocenters. The molecular formula is C17H28N4. The molecule has 1 aliphatic rings. The minimum atomic E-state index is 0.517. The minimum absolute atomic E-state index is 0.517. The predicted octanol–water partition coefficient (Wildman–Crippen LogP) is 2.92. The van der Waals surface area contributed by atoms with Gasteiger partial charge in [-0.05, 0) is 30.7 Å². The Labute approximate surface area is 128 Å². The Morgan fingerprint density at radius 3 is 2.62 bits per heavy atom. The molecule has 4 nitrogen and oxygen atoms in total. The standard InChI is InChI=1S/C17H28N4/c1-14(15-8-4-2-5-9-15)12-13-19-17(21-18)20-16-10-6-3-7-11-16/h2,4-5,8-9,14,16H,3,6-7,10-13,18H2,1H3,(H2,19,20,21). The highest BCUT2D eigenvalue weighted by atomic mass is 15.3. The van der Waals surface area contributed by atoms with Gasteiger partial charge in [0.1, 0.15) is 0 Å². The molecule has 1 atom stereocenters. The molecule has 0 aliphatic heterocycles. The molecule has 0 saturated heterocycles. The van der Waals surface area contributed by atoms with Gasteiger partial charge in [-0.2, -0.15) is 0 Å². The Balaban J connectivity index is 1.78. The second kappa shape index (κ2) is 8.67. The molecule has 21 heavy (non-hydrogen) atoms. The number of guanidine groups is 1. The molecule has 0 spiro atoms. The van der Waals surface area contributed by atoms with Crippen molar-refractivity contribution in [1.29, 1.82) is 0 Å². The molecule has 0 aromatic heterocycles. The molecule has 1 aromatic carbocycles. The third-order valence-corrected chi connectivity index (χ3v) is 4.28. The average molecular weight is 288 g/mol. The first-order valence-electron chi connectivity index (χ1n) is 8.12. The van der Waals surface area contributed by atoms with Crippen molar-refractivity contribution in [3.05, 3.63) is 35.9 Å². The van der Waals surface area contributed by atoms with Gasteiger partial charge in [0, 0.05) is 12.6 Å². The van der Waals surface area contributed by atoms with Crippen LogP contribution in [0.3, 0.4) is 0 Å². The van der Waals surface area contributed by atoms with Gasteiger partial charge in [-0.3, -0.25) is 10.4 Å². The van der Waals surface area contributed by atoms with Crippen LogP contribution in [-0.4, -0.2) is 18.5 Å². The Morgan fingerprint density at radius 1 is 1.24 bits per heavy atom. The number of nitrogens with one attached hydrogen (secondary N) is 2. The number of nitrogens with zero attached hydrogens (tertiary/aromatic N) is 1. The zero-order valence-electron chi connectivity index (χ0n) is 13.0. The van der Waals surface area contributed by atoms with Crippen LogP contribution in [0.1, 0.15) is 56.9 Å². The van der Waals surface area contributed by atoms with E-state index >= 15 is 0 Å². The lowest BCUT2D eigenvalue weighted by atomic mass is 9.96. The highest BCUT2D eigenvalue weighted by molar-refractivity contribution is 5.79. The highest BCUT2D eigenvalue weighted by Gasteiger charge is 2.14. The monoisotopic (exact) mass is 288 g/mol. The Kier molecular flexibility index (Phi) is 6.54. The van der Waals surface area contributed by atoms with Crippen LogP contribution >= 0.6 is 0 Å². The molecule has 4 N–H and O–H groups in total. The summed E-state index contributed by atoms with van der Waals surface area (Å²) in [5.74, 6) is 6.83. The van der Waals surface area contributed by atoms with E-state index in [2.05, 4.69) is 53.0 Å². The number of hydrazine groups is 1. The summed E-state index contributed by atoms with van der Waals surface area (Å²) in [5.41, 5.74) is 4.07. The number of hydrogen-bond donors (Lipinski definition) is 3. The number of aliphatic imine (C=N–C) groups is 1. The van der Waals surface area contributed by atoms with Gasteiger partial charge < -0.3 is 5.32 Å². The minimum Gasteiger partial charge on any atom is -0.353 e. The molecule has 1 aromatic rings. The lowest BCUT2D eigenvalue weighted by Crippen LogP contribution is -2.47. The Bertz CT molecular complexity index is 424. The van der Waals surface area contributed by atoms with E-state index < -0.39 is 0 Å². The Morgan fingerprint density at radius 2 is 1.95 bits per heavy atom. The van der Waals surface area contributed by atoms with E-state index in [1.807, 2.05) is 0 Å². The molecule has 1 saturated carbocycles. The van der Waals surface area contributed by atoms with Gasteiger partial charge in [0.05, 0.1) is 0 Å². The van der Waals surface area contributed by atoms with Gasteiger partial charge in [0.25, 0.3) is 0 Å². The fourth-order valence-electron chi connectivity index (χ4n) is 2.89. The van der Waals surface area contributed by atoms with Crippen LogP contribution in [0, 0.1) is 0 Å². The van der Waals surface area contributed by atoms with Crippen LogP contribution in [-0.2, 0) is 0 Å². The molecule has 0 bridgehead atoms. The SMILES string of the molecule is CC(CCN=C(NN)NC1CCCCC1)c1ccccc1. The van der Waals surface area contributed by atoms with E-state index in [1.165, 1.54) is 37.7 Å². The molecule has 0 heterocycles. The molecule has 1 aliphatic carbocycles. The lowest BCUT2D eigenvalue weighted by molar-refractivity contribution is 0.410. The Hall–Kier alpha value is -1.55. The summed E-state index contributed by atoms with van der Waals surface area (Å²) in [5, 5.41) is 3.43. The van der Waals surface area contributed by atoms with E-state index in [-0.39, 0.29) is 0 Å². The maximum atomic E-state index is 5.57. The van der Waals surface area contributed by atoms with Crippen LogP contribution < -0.4 is 16.6 Å². The lowest BCUT2D eigenvalue weighted by Gasteiger charge is -2.24. The van der Waals surface area contributed by atoms with Crippen molar-refractivity contribution in [1.82, 2.24) is 10.7 Å². The molecule has 4 heteroatoms. The molecule has 0 radical (unpaired) electrons. The van der Waals surface area contributed by atoms with Gasteiger partial charge in [0.15, 0.2) is 0 Å². The molecular weight excluding hydrogens is 260 g/mol. The molecule has 116 valence electrons. The topological polar surface area (TPSA) is 62.4 Å². The summed E-state index contributed by atoms with van der Waals surface area (Å²) in [7, 11) is 0. The second-order valence-corrected chi connectivity index (χ2v) is 5.95. The zero-order valence-corrected chi connectivity index (χ0v) is 13.0. The molecule has 0 amide bonds. The predicted molar refractivity (Wildman–Crippen MR) is 89.1 cm³/mol. The van der Waals surface area contributed by atoms with Gasteiger partial charge >= 0.3 is 0 Å². The normalized spacial score (nSPS) is 18.3. The van der Waals surface area contributed by atoms with Gasteiger partial charge in [0.2, 0.25) is 5.96 Å². The van der Waals surface area contributed by atoms with Crippen molar-refractivity contribution in [2.75, 3.05) is 6.54 Å². The highest BCUT2D eigenvalue weighted by Crippen LogP contribution is 2.19. The number of rotatable bonds is 5. The molecule has 2 rings (SSSR count). The zero-order chi connectivity index (χ0) is 14.9. The van der Waals surface area contributed by atoms with Crippen LogP contribution in [0.2, 0.25) is 0 Å². The van der Waals surface area contributed by atoms with Gasteiger partial charge in [-0.1, -0.05) is 56.5 Å². The first kappa shape index (κ1) is 15.8.